The van der Waals surface area contributed by atoms with Gasteiger partial charge in [-0.2, -0.15) is 0 Å². The van der Waals surface area contributed by atoms with E-state index in [2.05, 4.69) is 6.92 Å². The molecule has 0 spiro atoms. The number of hydrogen-bond donors (Lipinski definition) is 1. The maximum absolute atomic E-state index is 11.4. The molecular formula is C10H18N2O2. The molecule has 1 atom stereocenters. The highest BCUT2D eigenvalue weighted by atomic mass is 16.2. The quantitative estimate of drug-likeness (QED) is 0.699. The summed E-state index contributed by atoms with van der Waals surface area (Å²) in [5, 5.41) is 0. The monoisotopic (exact) mass is 198 g/mol. The Kier molecular flexibility index (Phi) is 3.92. The van der Waals surface area contributed by atoms with E-state index in [9.17, 15) is 9.59 Å². The van der Waals surface area contributed by atoms with Crippen LogP contribution in [0.4, 0.5) is 0 Å². The average Bonchev–Trinajstić information content (AvgIpc) is 2.44. The topological polar surface area (TPSA) is 63.4 Å². The van der Waals surface area contributed by atoms with E-state index >= 15 is 0 Å². The standard InChI is InChI=1S/C10H18N2O2/c1-2-3-8-6-10(14)12(7-8)5-4-9(11)13/h8H,2-7H2,1H3,(H2,11,13). The van der Waals surface area contributed by atoms with Crippen LogP contribution in [0.2, 0.25) is 0 Å². The molecule has 1 rings (SSSR count). The molecule has 0 aromatic heterocycles. The Morgan fingerprint density at radius 3 is 2.93 bits per heavy atom. The van der Waals surface area contributed by atoms with E-state index in [0.29, 0.717) is 18.9 Å². The Bertz CT molecular complexity index is 228. The fourth-order valence-electron chi connectivity index (χ4n) is 1.92. The van der Waals surface area contributed by atoms with Crippen LogP contribution in [0.15, 0.2) is 0 Å². The second kappa shape index (κ2) is 4.98. The summed E-state index contributed by atoms with van der Waals surface area (Å²) in [6, 6.07) is 0. The van der Waals surface area contributed by atoms with E-state index < -0.39 is 0 Å². The number of carbonyl (C=O) groups excluding carboxylic acids is 2. The van der Waals surface area contributed by atoms with Crippen molar-refractivity contribution in [1.82, 2.24) is 4.90 Å². The van der Waals surface area contributed by atoms with Gasteiger partial charge in [-0.15, -0.1) is 0 Å². The Morgan fingerprint density at radius 2 is 2.36 bits per heavy atom. The molecule has 80 valence electrons. The van der Waals surface area contributed by atoms with Gasteiger partial charge in [-0.25, -0.2) is 0 Å². The normalized spacial score (nSPS) is 21.6. The number of amides is 2. The van der Waals surface area contributed by atoms with Crippen LogP contribution in [0.1, 0.15) is 32.6 Å². The summed E-state index contributed by atoms with van der Waals surface area (Å²) < 4.78 is 0. The molecule has 1 heterocycles. The van der Waals surface area contributed by atoms with Crippen molar-refractivity contribution in [2.75, 3.05) is 13.1 Å². The lowest BCUT2D eigenvalue weighted by Gasteiger charge is -2.15. The molecule has 1 fully saturated rings. The third-order valence-corrected chi connectivity index (χ3v) is 2.62. The molecule has 0 aliphatic carbocycles. The minimum atomic E-state index is -0.336. The molecule has 4 nitrogen and oxygen atoms in total. The molecular weight excluding hydrogens is 180 g/mol. The van der Waals surface area contributed by atoms with Crippen molar-refractivity contribution < 1.29 is 9.59 Å². The second-order valence-corrected chi connectivity index (χ2v) is 3.91. The van der Waals surface area contributed by atoms with Gasteiger partial charge in [0.25, 0.3) is 0 Å². The Balaban J connectivity index is 2.33. The van der Waals surface area contributed by atoms with E-state index in [1.807, 2.05) is 0 Å². The van der Waals surface area contributed by atoms with Crippen molar-refractivity contribution in [3.8, 4) is 0 Å². The van der Waals surface area contributed by atoms with Crippen molar-refractivity contribution in [2.45, 2.75) is 32.6 Å². The maximum atomic E-state index is 11.4. The minimum Gasteiger partial charge on any atom is -0.370 e. The summed E-state index contributed by atoms with van der Waals surface area (Å²) >= 11 is 0. The zero-order valence-electron chi connectivity index (χ0n) is 8.66. The van der Waals surface area contributed by atoms with Gasteiger partial charge in [-0.05, 0) is 12.3 Å². The highest BCUT2D eigenvalue weighted by Gasteiger charge is 2.28. The first-order valence-corrected chi connectivity index (χ1v) is 5.19. The zero-order valence-corrected chi connectivity index (χ0v) is 8.66. The smallest absolute Gasteiger partial charge is 0.222 e. The number of hydrogen-bond acceptors (Lipinski definition) is 2. The van der Waals surface area contributed by atoms with Crippen LogP contribution < -0.4 is 5.73 Å². The third-order valence-electron chi connectivity index (χ3n) is 2.62. The summed E-state index contributed by atoms with van der Waals surface area (Å²) in [4.78, 5) is 23.8. The predicted molar refractivity (Wildman–Crippen MR) is 53.4 cm³/mol. The fraction of sp³-hybridized carbons (Fsp3) is 0.800. The first-order chi connectivity index (χ1) is 6.63. The van der Waals surface area contributed by atoms with Crippen LogP contribution in [-0.2, 0) is 9.59 Å². The highest BCUT2D eigenvalue weighted by molar-refractivity contribution is 5.80. The molecule has 1 unspecified atom stereocenters. The zero-order chi connectivity index (χ0) is 10.6. The molecule has 2 N–H and O–H groups in total. The number of rotatable bonds is 5. The lowest BCUT2D eigenvalue weighted by atomic mass is 10.0. The van der Waals surface area contributed by atoms with Gasteiger partial charge in [-0.1, -0.05) is 13.3 Å². The van der Waals surface area contributed by atoms with E-state index in [1.54, 1.807) is 4.90 Å². The Labute approximate surface area is 84.4 Å². The number of likely N-dealkylation sites (tertiary alicyclic amines) is 1. The van der Waals surface area contributed by atoms with Gasteiger partial charge in [-0.3, -0.25) is 9.59 Å². The highest BCUT2D eigenvalue weighted by Crippen LogP contribution is 2.21. The van der Waals surface area contributed by atoms with Crippen molar-refractivity contribution >= 4 is 11.8 Å². The van der Waals surface area contributed by atoms with Gasteiger partial charge in [0, 0.05) is 25.9 Å². The Morgan fingerprint density at radius 1 is 1.64 bits per heavy atom. The molecule has 0 saturated carbocycles. The number of carbonyl (C=O) groups is 2. The summed E-state index contributed by atoms with van der Waals surface area (Å²) in [6.07, 6.45) is 3.14. The van der Waals surface area contributed by atoms with Gasteiger partial charge >= 0.3 is 0 Å². The van der Waals surface area contributed by atoms with Gasteiger partial charge in [0.15, 0.2) is 0 Å². The first kappa shape index (κ1) is 11.0. The molecule has 1 saturated heterocycles. The molecule has 0 aromatic carbocycles. The number of primary amides is 1. The average molecular weight is 198 g/mol. The van der Waals surface area contributed by atoms with Gasteiger partial charge in [0.05, 0.1) is 0 Å². The molecule has 1 aliphatic heterocycles. The van der Waals surface area contributed by atoms with Crippen molar-refractivity contribution in [3.05, 3.63) is 0 Å². The largest absolute Gasteiger partial charge is 0.370 e. The fourth-order valence-corrected chi connectivity index (χ4v) is 1.92. The van der Waals surface area contributed by atoms with E-state index in [1.165, 1.54) is 0 Å². The van der Waals surface area contributed by atoms with Crippen LogP contribution in [0.3, 0.4) is 0 Å². The van der Waals surface area contributed by atoms with Crippen LogP contribution in [0, 0.1) is 5.92 Å². The van der Waals surface area contributed by atoms with E-state index in [-0.39, 0.29) is 18.2 Å². The molecule has 2 amide bonds. The van der Waals surface area contributed by atoms with E-state index in [4.69, 9.17) is 5.73 Å². The van der Waals surface area contributed by atoms with Crippen LogP contribution in [-0.4, -0.2) is 29.8 Å². The van der Waals surface area contributed by atoms with E-state index in [0.717, 1.165) is 19.4 Å². The molecule has 0 radical (unpaired) electrons. The summed E-state index contributed by atoms with van der Waals surface area (Å²) in [5.41, 5.74) is 5.03. The number of nitrogens with two attached hydrogens (primary N) is 1. The molecule has 0 bridgehead atoms. The maximum Gasteiger partial charge on any atom is 0.222 e. The van der Waals surface area contributed by atoms with Gasteiger partial charge < -0.3 is 10.6 Å². The van der Waals surface area contributed by atoms with Crippen LogP contribution in [0.5, 0.6) is 0 Å². The molecule has 1 aliphatic rings. The molecule has 0 aromatic rings. The van der Waals surface area contributed by atoms with Gasteiger partial charge in [0.1, 0.15) is 0 Å². The second-order valence-electron chi connectivity index (χ2n) is 3.91. The SMILES string of the molecule is CCCC1CC(=O)N(CCC(N)=O)C1. The minimum absolute atomic E-state index is 0.171. The number of nitrogens with zero attached hydrogens (tertiary/aromatic N) is 1. The third kappa shape index (κ3) is 3.01. The van der Waals surface area contributed by atoms with Gasteiger partial charge in [0.2, 0.25) is 11.8 Å². The van der Waals surface area contributed by atoms with Crippen molar-refractivity contribution in [3.63, 3.8) is 0 Å². The van der Waals surface area contributed by atoms with Crippen LogP contribution in [0.25, 0.3) is 0 Å². The summed E-state index contributed by atoms with van der Waals surface area (Å²) in [6.45, 7) is 3.42. The van der Waals surface area contributed by atoms with Crippen molar-refractivity contribution in [1.29, 1.82) is 0 Å². The lowest BCUT2D eigenvalue weighted by Crippen LogP contribution is -2.29. The Hall–Kier alpha value is -1.06. The summed E-state index contributed by atoms with van der Waals surface area (Å²) in [5.74, 6) is 0.321. The van der Waals surface area contributed by atoms with Crippen LogP contribution >= 0.6 is 0 Å². The molecule has 14 heavy (non-hydrogen) atoms. The molecule has 4 heteroatoms. The first-order valence-electron chi connectivity index (χ1n) is 5.19. The predicted octanol–water partition coefficient (Wildman–Crippen LogP) is 0.510. The summed E-state index contributed by atoms with van der Waals surface area (Å²) in [7, 11) is 0. The van der Waals surface area contributed by atoms with Crippen molar-refractivity contribution in [2.24, 2.45) is 11.7 Å². The lowest BCUT2D eigenvalue weighted by molar-refractivity contribution is -0.128.